The van der Waals surface area contributed by atoms with Crippen molar-refractivity contribution >= 4 is 22.7 Å². The van der Waals surface area contributed by atoms with Crippen LogP contribution in [0.25, 0.3) is 22.2 Å². The molecule has 0 N–H and O–H groups in total. The summed E-state index contributed by atoms with van der Waals surface area (Å²) in [5, 5.41) is 0.693. The van der Waals surface area contributed by atoms with Crippen molar-refractivity contribution in [2.24, 2.45) is 0 Å². The molecule has 0 spiro atoms. The zero-order chi connectivity index (χ0) is 22.0. The number of benzene rings is 3. The van der Waals surface area contributed by atoms with Crippen molar-refractivity contribution in [1.29, 1.82) is 0 Å². The number of hydrogen-bond donors (Lipinski definition) is 0. The van der Waals surface area contributed by atoms with Crippen LogP contribution in [0.2, 0.25) is 0 Å². The molecule has 0 amide bonds. The van der Waals surface area contributed by atoms with Gasteiger partial charge in [-0.3, -0.25) is 4.79 Å². The lowest BCUT2D eigenvalue weighted by Crippen LogP contribution is -2.24. The molecule has 1 aromatic heterocycles. The molecule has 0 saturated heterocycles. The SMILES string of the molecule is Cc1ccc(C(=O)[C@H](C)OC(=O)c2cc(-c3ccccc3)nc3ccccc23)cc1C. The molecule has 154 valence electrons. The maximum atomic E-state index is 13.1. The van der Waals surface area contributed by atoms with Crippen LogP contribution in [-0.4, -0.2) is 22.8 Å². The highest BCUT2D eigenvalue weighted by atomic mass is 16.5. The molecule has 0 fully saturated rings. The number of para-hydroxylation sites is 1. The first-order valence-corrected chi connectivity index (χ1v) is 10.2. The number of nitrogens with zero attached hydrogens (tertiary/aromatic N) is 1. The Balaban J connectivity index is 1.66. The van der Waals surface area contributed by atoms with Crippen LogP contribution in [-0.2, 0) is 4.74 Å². The molecule has 1 atom stereocenters. The van der Waals surface area contributed by atoms with Crippen molar-refractivity contribution < 1.29 is 14.3 Å². The number of ether oxygens (including phenoxy) is 1. The van der Waals surface area contributed by atoms with E-state index in [-0.39, 0.29) is 5.78 Å². The second kappa shape index (κ2) is 8.52. The van der Waals surface area contributed by atoms with Gasteiger partial charge in [0.25, 0.3) is 0 Å². The number of rotatable bonds is 5. The minimum Gasteiger partial charge on any atom is -0.451 e. The van der Waals surface area contributed by atoms with Crippen molar-refractivity contribution in [2.75, 3.05) is 0 Å². The minimum atomic E-state index is -0.901. The van der Waals surface area contributed by atoms with E-state index >= 15 is 0 Å². The van der Waals surface area contributed by atoms with Gasteiger partial charge in [0.1, 0.15) is 0 Å². The first-order valence-electron chi connectivity index (χ1n) is 10.2. The Morgan fingerprint density at radius 1 is 0.839 bits per heavy atom. The molecule has 4 heteroatoms. The quantitative estimate of drug-likeness (QED) is 0.302. The molecule has 3 aromatic carbocycles. The molecular formula is C27H23NO3. The second-order valence-electron chi connectivity index (χ2n) is 7.65. The van der Waals surface area contributed by atoms with Crippen molar-refractivity contribution in [1.82, 2.24) is 4.98 Å². The molecule has 4 rings (SSSR count). The standard InChI is InChI=1S/C27H23NO3/c1-17-13-14-21(15-18(17)2)26(29)19(3)31-27(30)23-16-25(20-9-5-4-6-10-20)28-24-12-8-7-11-22(23)24/h4-16,19H,1-3H3/t19-/m0/s1. The second-order valence-corrected chi connectivity index (χ2v) is 7.65. The number of pyridine rings is 1. The summed E-state index contributed by atoms with van der Waals surface area (Å²) in [6.07, 6.45) is -0.901. The molecule has 4 nitrogen and oxygen atoms in total. The molecule has 0 aliphatic rings. The monoisotopic (exact) mass is 409 g/mol. The number of carbonyl (C=O) groups is 2. The van der Waals surface area contributed by atoms with Crippen LogP contribution in [0.5, 0.6) is 0 Å². The summed E-state index contributed by atoms with van der Waals surface area (Å²) < 4.78 is 5.61. The summed E-state index contributed by atoms with van der Waals surface area (Å²) in [7, 11) is 0. The summed E-state index contributed by atoms with van der Waals surface area (Å²) in [5.41, 5.74) is 5.34. The van der Waals surface area contributed by atoms with Gasteiger partial charge in [-0.1, -0.05) is 60.7 Å². The van der Waals surface area contributed by atoms with E-state index in [9.17, 15) is 9.59 Å². The molecule has 0 saturated carbocycles. The normalized spacial score (nSPS) is 11.8. The smallest absolute Gasteiger partial charge is 0.339 e. The number of fused-ring (bicyclic) bond motifs is 1. The average Bonchev–Trinajstić information content (AvgIpc) is 2.80. The van der Waals surface area contributed by atoms with Gasteiger partial charge < -0.3 is 4.74 Å². The number of Topliss-reactive ketones (excluding diaryl/α,β-unsaturated/α-hetero) is 1. The zero-order valence-electron chi connectivity index (χ0n) is 17.8. The van der Waals surface area contributed by atoms with Crippen molar-refractivity contribution in [3.05, 3.63) is 101 Å². The molecule has 31 heavy (non-hydrogen) atoms. The van der Waals surface area contributed by atoms with E-state index in [1.165, 1.54) is 0 Å². The lowest BCUT2D eigenvalue weighted by atomic mass is 10.0. The van der Waals surface area contributed by atoms with Gasteiger partial charge in [-0.2, -0.15) is 0 Å². The summed E-state index contributed by atoms with van der Waals surface area (Å²) in [5.74, 6) is -0.765. The lowest BCUT2D eigenvalue weighted by Gasteiger charge is -2.15. The van der Waals surface area contributed by atoms with Gasteiger partial charge in [-0.05, 0) is 50.1 Å². The zero-order valence-corrected chi connectivity index (χ0v) is 17.8. The van der Waals surface area contributed by atoms with Gasteiger partial charge in [-0.25, -0.2) is 9.78 Å². The van der Waals surface area contributed by atoms with Gasteiger partial charge in [0.05, 0.1) is 16.8 Å². The molecule has 0 aliphatic carbocycles. The predicted octanol–water partition coefficient (Wildman–Crippen LogP) is 5.95. The Hall–Kier alpha value is -3.79. The number of hydrogen-bond acceptors (Lipinski definition) is 4. The fourth-order valence-electron chi connectivity index (χ4n) is 3.51. The Morgan fingerprint density at radius 3 is 2.29 bits per heavy atom. The Kier molecular flexibility index (Phi) is 5.63. The summed E-state index contributed by atoms with van der Waals surface area (Å²) in [4.78, 5) is 30.6. The molecule has 0 aliphatic heterocycles. The van der Waals surface area contributed by atoms with Gasteiger partial charge >= 0.3 is 5.97 Å². The van der Waals surface area contributed by atoms with E-state index < -0.39 is 12.1 Å². The maximum absolute atomic E-state index is 13.1. The average molecular weight is 409 g/mol. The summed E-state index contributed by atoms with van der Waals surface area (Å²) >= 11 is 0. The molecule has 1 heterocycles. The maximum Gasteiger partial charge on any atom is 0.339 e. The number of carbonyl (C=O) groups excluding carboxylic acids is 2. The fourth-order valence-corrected chi connectivity index (χ4v) is 3.51. The van der Waals surface area contributed by atoms with Gasteiger partial charge in [-0.15, -0.1) is 0 Å². The first kappa shape index (κ1) is 20.5. The highest BCUT2D eigenvalue weighted by Crippen LogP contribution is 2.26. The van der Waals surface area contributed by atoms with E-state index in [2.05, 4.69) is 0 Å². The van der Waals surface area contributed by atoms with Gasteiger partial charge in [0.15, 0.2) is 6.10 Å². The Morgan fingerprint density at radius 2 is 1.55 bits per heavy atom. The highest BCUT2D eigenvalue weighted by Gasteiger charge is 2.23. The third-order valence-electron chi connectivity index (χ3n) is 5.45. The van der Waals surface area contributed by atoms with Crippen molar-refractivity contribution in [3.8, 4) is 11.3 Å². The van der Waals surface area contributed by atoms with E-state index in [0.29, 0.717) is 27.7 Å². The molecule has 0 radical (unpaired) electrons. The number of esters is 1. The van der Waals surface area contributed by atoms with Crippen LogP contribution in [0, 0.1) is 13.8 Å². The molecular weight excluding hydrogens is 386 g/mol. The number of aryl methyl sites for hydroxylation is 2. The number of ketones is 1. The minimum absolute atomic E-state index is 0.224. The first-order chi connectivity index (χ1) is 14.9. The van der Waals surface area contributed by atoms with E-state index in [4.69, 9.17) is 9.72 Å². The highest BCUT2D eigenvalue weighted by molar-refractivity contribution is 6.06. The third-order valence-corrected chi connectivity index (χ3v) is 5.45. The van der Waals surface area contributed by atoms with Crippen LogP contribution in [0.1, 0.15) is 38.8 Å². The van der Waals surface area contributed by atoms with Crippen LogP contribution >= 0.6 is 0 Å². The van der Waals surface area contributed by atoms with E-state index in [0.717, 1.165) is 16.7 Å². The molecule has 0 bridgehead atoms. The molecule has 4 aromatic rings. The van der Waals surface area contributed by atoms with Crippen LogP contribution in [0.3, 0.4) is 0 Å². The third kappa shape index (κ3) is 4.24. The predicted molar refractivity (Wildman–Crippen MR) is 122 cm³/mol. The summed E-state index contributed by atoms with van der Waals surface area (Å²) in [6.45, 7) is 5.56. The largest absolute Gasteiger partial charge is 0.451 e. The fraction of sp³-hybridized carbons (Fsp3) is 0.148. The van der Waals surface area contributed by atoms with E-state index in [1.807, 2.05) is 80.6 Å². The Labute approximate surface area is 181 Å². The van der Waals surface area contributed by atoms with Crippen molar-refractivity contribution in [2.45, 2.75) is 26.9 Å². The van der Waals surface area contributed by atoms with Crippen LogP contribution < -0.4 is 0 Å². The summed E-state index contributed by atoms with van der Waals surface area (Å²) in [6, 6.07) is 24.3. The lowest BCUT2D eigenvalue weighted by molar-refractivity contribution is 0.0320. The van der Waals surface area contributed by atoms with E-state index in [1.54, 1.807) is 19.1 Å². The van der Waals surface area contributed by atoms with Gasteiger partial charge in [0.2, 0.25) is 5.78 Å². The Bertz CT molecular complexity index is 1280. The topological polar surface area (TPSA) is 56.3 Å². The molecule has 0 unspecified atom stereocenters. The van der Waals surface area contributed by atoms with Crippen LogP contribution in [0.15, 0.2) is 78.9 Å². The van der Waals surface area contributed by atoms with Crippen molar-refractivity contribution in [3.63, 3.8) is 0 Å². The van der Waals surface area contributed by atoms with Gasteiger partial charge in [0, 0.05) is 16.5 Å². The number of aromatic nitrogens is 1. The van der Waals surface area contributed by atoms with Crippen LogP contribution in [0.4, 0.5) is 0 Å².